The van der Waals surface area contributed by atoms with Crippen LogP contribution in [0, 0.1) is 0 Å². The van der Waals surface area contributed by atoms with Crippen molar-refractivity contribution in [3.8, 4) is 5.75 Å². The molecular weight excluding hydrogens is 376 g/mol. The molecule has 1 aliphatic rings. The number of urea groups is 1. The van der Waals surface area contributed by atoms with Crippen LogP contribution in [0.1, 0.15) is 29.8 Å². The van der Waals surface area contributed by atoms with Gasteiger partial charge in [-0.15, -0.1) is 0 Å². The van der Waals surface area contributed by atoms with Gasteiger partial charge >= 0.3 is 6.03 Å². The minimum Gasteiger partial charge on any atom is -0.497 e. The Morgan fingerprint density at radius 2 is 1.83 bits per heavy atom. The van der Waals surface area contributed by atoms with Gasteiger partial charge in [0, 0.05) is 18.2 Å². The van der Waals surface area contributed by atoms with Crippen molar-refractivity contribution in [1.29, 1.82) is 0 Å². The summed E-state index contributed by atoms with van der Waals surface area (Å²) < 4.78 is 5.17. The molecule has 9 nitrogen and oxygen atoms in total. The van der Waals surface area contributed by atoms with E-state index in [9.17, 15) is 19.2 Å². The Bertz CT molecular complexity index is 1010. The first-order chi connectivity index (χ1) is 13.7. The van der Waals surface area contributed by atoms with E-state index in [4.69, 9.17) is 4.74 Å². The smallest absolute Gasteiger partial charge is 0.344 e. The van der Waals surface area contributed by atoms with E-state index in [1.807, 2.05) is 0 Å². The van der Waals surface area contributed by atoms with Gasteiger partial charge in [-0.25, -0.2) is 4.79 Å². The lowest BCUT2D eigenvalue weighted by atomic mass is 9.92. The minimum atomic E-state index is -1.36. The molecule has 1 saturated heterocycles. The summed E-state index contributed by atoms with van der Waals surface area (Å²) in [5.74, 6) is -1.06. The summed E-state index contributed by atoms with van der Waals surface area (Å²) in [5.41, 5.74) is 2.06. The molecule has 0 radical (unpaired) electrons. The first kappa shape index (κ1) is 19.9. The zero-order valence-electron chi connectivity index (χ0n) is 16.1. The number of hydrogen-bond donors (Lipinski definition) is 3. The Balaban J connectivity index is 1.81. The van der Waals surface area contributed by atoms with Crippen molar-refractivity contribution in [1.82, 2.24) is 15.8 Å². The molecule has 0 saturated carbocycles. The molecule has 1 heterocycles. The van der Waals surface area contributed by atoms with Crippen LogP contribution in [0.15, 0.2) is 48.5 Å². The number of rotatable bonds is 5. The van der Waals surface area contributed by atoms with Gasteiger partial charge in [0.1, 0.15) is 11.3 Å². The largest absolute Gasteiger partial charge is 0.497 e. The van der Waals surface area contributed by atoms with Gasteiger partial charge in [-0.05, 0) is 42.8 Å². The molecule has 2 aromatic carbocycles. The predicted molar refractivity (Wildman–Crippen MR) is 104 cm³/mol. The van der Waals surface area contributed by atoms with Crippen LogP contribution >= 0.6 is 0 Å². The maximum atomic E-state index is 12.9. The molecular formula is C20H20N4O5. The summed E-state index contributed by atoms with van der Waals surface area (Å²) in [5, 5.41) is 5.81. The number of nitrogens with one attached hydrogen (secondary N) is 3. The molecule has 3 N–H and O–H groups in total. The number of nitrogens with zero attached hydrogens (tertiary/aromatic N) is 1. The van der Waals surface area contributed by atoms with Crippen molar-refractivity contribution in [3.05, 3.63) is 59.7 Å². The Hall–Kier alpha value is -3.88. The zero-order valence-corrected chi connectivity index (χ0v) is 16.1. The van der Waals surface area contributed by atoms with Crippen molar-refractivity contribution in [3.63, 3.8) is 0 Å². The summed E-state index contributed by atoms with van der Waals surface area (Å²) in [6.45, 7) is 2.89. The number of benzene rings is 2. The summed E-state index contributed by atoms with van der Waals surface area (Å²) in [6.07, 6.45) is 0. The quantitative estimate of drug-likeness (QED) is 0.666. The van der Waals surface area contributed by atoms with Crippen LogP contribution in [-0.4, -0.2) is 35.9 Å². The standard InChI is InChI=1S/C20H20N4O5/c1-12(25)21-15-8-4-6-13(10-15)17(26)23-24-18(27)20(2,22-19(24)28)14-7-5-9-16(11-14)29-3/h4-11H,1-3H3,(H,21,25)(H,22,28)(H,23,26)/t20-/m1/s1. The number of hydrazine groups is 1. The highest BCUT2D eigenvalue weighted by Gasteiger charge is 2.50. The number of ether oxygens (including phenoxy) is 1. The van der Waals surface area contributed by atoms with Crippen LogP contribution in [-0.2, 0) is 15.1 Å². The molecule has 1 atom stereocenters. The van der Waals surface area contributed by atoms with Gasteiger partial charge in [-0.2, -0.15) is 5.01 Å². The molecule has 9 heteroatoms. The molecule has 0 aromatic heterocycles. The first-order valence-electron chi connectivity index (χ1n) is 8.74. The molecule has 0 unspecified atom stereocenters. The molecule has 2 aromatic rings. The maximum Gasteiger partial charge on any atom is 0.344 e. The highest BCUT2D eigenvalue weighted by atomic mass is 16.5. The fourth-order valence-electron chi connectivity index (χ4n) is 2.98. The normalized spacial score (nSPS) is 18.2. The van der Waals surface area contributed by atoms with Crippen LogP contribution < -0.4 is 20.8 Å². The summed E-state index contributed by atoms with van der Waals surface area (Å²) in [7, 11) is 1.50. The van der Waals surface area contributed by atoms with Crippen LogP contribution in [0.2, 0.25) is 0 Å². The monoisotopic (exact) mass is 396 g/mol. The van der Waals surface area contributed by atoms with E-state index in [2.05, 4.69) is 16.1 Å². The number of methoxy groups -OCH3 is 1. The van der Waals surface area contributed by atoms with Crippen LogP contribution in [0.4, 0.5) is 10.5 Å². The Morgan fingerprint density at radius 1 is 1.10 bits per heavy atom. The molecule has 1 fully saturated rings. The number of carbonyl (C=O) groups excluding carboxylic acids is 4. The van der Waals surface area contributed by atoms with E-state index in [1.165, 1.54) is 26.2 Å². The van der Waals surface area contributed by atoms with Crippen molar-refractivity contribution in [2.75, 3.05) is 12.4 Å². The average Bonchev–Trinajstić information content (AvgIpc) is 2.91. The van der Waals surface area contributed by atoms with Gasteiger partial charge in [0.15, 0.2) is 0 Å². The SMILES string of the molecule is COc1cccc([C@@]2(C)NC(=O)N(NC(=O)c3cccc(NC(C)=O)c3)C2=O)c1. The zero-order chi connectivity index (χ0) is 21.2. The lowest BCUT2D eigenvalue weighted by Gasteiger charge is -2.22. The molecule has 0 spiro atoms. The lowest BCUT2D eigenvalue weighted by Crippen LogP contribution is -2.47. The Labute approximate surface area is 167 Å². The van der Waals surface area contributed by atoms with E-state index >= 15 is 0 Å². The predicted octanol–water partition coefficient (Wildman–Crippen LogP) is 1.77. The van der Waals surface area contributed by atoms with Crippen molar-refractivity contribution in [2.45, 2.75) is 19.4 Å². The van der Waals surface area contributed by atoms with E-state index in [1.54, 1.807) is 43.3 Å². The van der Waals surface area contributed by atoms with Gasteiger partial charge < -0.3 is 15.4 Å². The Morgan fingerprint density at radius 3 is 2.52 bits per heavy atom. The number of imide groups is 1. The van der Waals surface area contributed by atoms with Crippen LogP contribution in [0.3, 0.4) is 0 Å². The highest BCUT2D eigenvalue weighted by Crippen LogP contribution is 2.30. The maximum absolute atomic E-state index is 12.9. The molecule has 150 valence electrons. The third-order valence-electron chi connectivity index (χ3n) is 4.50. The fourth-order valence-corrected chi connectivity index (χ4v) is 2.98. The number of hydrogen-bond acceptors (Lipinski definition) is 5. The van der Waals surface area contributed by atoms with Crippen molar-refractivity contribution >= 4 is 29.4 Å². The van der Waals surface area contributed by atoms with Gasteiger partial charge in [0.25, 0.3) is 11.8 Å². The van der Waals surface area contributed by atoms with E-state index in [0.29, 0.717) is 22.0 Å². The lowest BCUT2D eigenvalue weighted by molar-refractivity contribution is -0.132. The summed E-state index contributed by atoms with van der Waals surface area (Å²) in [4.78, 5) is 49.1. The molecule has 5 amide bonds. The third-order valence-corrected chi connectivity index (χ3v) is 4.50. The van der Waals surface area contributed by atoms with E-state index < -0.39 is 23.4 Å². The van der Waals surface area contributed by atoms with Crippen LogP contribution in [0.25, 0.3) is 0 Å². The third kappa shape index (κ3) is 3.88. The Kier molecular flexibility index (Phi) is 5.22. The van der Waals surface area contributed by atoms with Gasteiger partial charge in [-0.3, -0.25) is 19.8 Å². The second kappa shape index (κ2) is 7.63. The second-order valence-corrected chi connectivity index (χ2v) is 6.63. The molecule has 1 aliphatic heterocycles. The van der Waals surface area contributed by atoms with Gasteiger partial charge in [0.05, 0.1) is 7.11 Å². The summed E-state index contributed by atoms with van der Waals surface area (Å²) in [6, 6.07) is 12.1. The van der Waals surface area contributed by atoms with Crippen LogP contribution in [0.5, 0.6) is 5.75 Å². The van der Waals surface area contributed by atoms with Gasteiger partial charge in [0.2, 0.25) is 5.91 Å². The fraction of sp³-hybridized carbons (Fsp3) is 0.200. The van der Waals surface area contributed by atoms with Crippen molar-refractivity contribution in [2.24, 2.45) is 0 Å². The minimum absolute atomic E-state index is 0.173. The molecule has 0 bridgehead atoms. The number of carbonyl (C=O) groups is 4. The number of amides is 5. The summed E-state index contributed by atoms with van der Waals surface area (Å²) >= 11 is 0. The average molecular weight is 396 g/mol. The molecule has 29 heavy (non-hydrogen) atoms. The first-order valence-corrected chi connectivity index (χ1v) is 8.74. The highest BCUT2D eigenvalue weighted by molar-refractivity contribution is 6.09. The van der Waals surface area contributed by atoms with Gasteiger partial charge in [-0.1, -0.05) is 18.2 Å². The van der Waals surface area contributed by atoms with Crippen molar-refractivity contribution < 1.29 is 23.9 Å². The second-order valence-electron chi connectivity index (χ2n) is 6.63. The molecule has 3 rings (SSSR count). The van der Waals surface area contributed by atoms with E-state index in [0.717, 1.165) is 0 Å². The topological polar surface area (TPSA) is 117 Å². The number of anilines is 1. The van der Waals surface area contributed by atoms with E-state index in [-0.39, 0.29) is 11.5 Å². The molecule has 0 aliphatic carbocycles.